The van der Waals surface area contributed by atoms with Gasteiger partial charge in [0.2, 0.25) is 0 Å². The third kappa shape index (κ3) is 2.32. The number of rotatable bonds is 3. The molecule has 0 saturated heterocycles. The van der Waals surface area contributed by atoms with Gasteiger partial charge in [-0.15, -0.1) is 0 Å². The summed E-state index contributed by atoms with van der Waals surface area (Å²) in [6.45, 7) is 0. The van der Waals surface area contributed by atoms with Crippen molar-refractivity contribution in [1.82, 2.24) is 0 Å². The second-order valence-electron chi connectivity index (χ2n) is 3.73. The Morgan fingerprint density at radius 3 is 2.61 bits per heavy atom. The Morgan fingerprint density at radius 2 is 2.00 bits per heavy atom. The molecule has 0 aliphatic heterocycles. The summed E-state index contributed by atoms with van der Waals surface area (Å²) >= 11 is 0. The molecular weight excluding hydrogens is 235 g/mol. The number of hydrogen-bond donors (Lipinski definition) is 1. The molecule has 0 heterocycles. The van der Waals surface area contributed by atoms with Crippen molar-refractivity contribution >= 4 is 5.97 Å². The van der Waals surface area contributed by atoms with E-state index in [1.807, 2.05) is 0 Å². The van der Waals surface area contributed by atoms with E-state index in [0.717, 1.165) is 0 Å². The largest absolute Gasteiger partial charge is 0.497 e. The van der Waals surface area contributed by atoms with Gasteiger partial charge < -0.3 is 9.84 Å². The number of carbonyl (C=O) groups is 1. The predicted molar refractivity (Wildman–Crippen MR) is 65.3 cm³/mol. The lowest BCUT2D eigenvalue weighted by molar-refractivity contribution is 0.0697. The second kappa shape index (κ2) is 4.87. The molecule has 0 radical (unpaired) electrons. The van der Waals surface area contributed by atoms with E-state index in [1.165, 1.54) is 31.4 Å². The van der Waals surface area contributed by atoms with Crippen molar-refractivity contribution in [1.29, 1.82) is 0 Å². The number of carboxylic acid groups (broad SMARTS) is 1. The first kappa shape index (κ1) is 12.1. The van der Waals surface area contributed by atoms with Crippen molar-refractivity contribution in [2.24, 2.45) is 0 Å². The molecule has 18 heavy (non-hydrogen) atoms. The summed E-state index contributed by atoms with van der Waals surface area (Å²) in [7, 11) is 1.49. The monoisotopic (exact) mass is 246 g/mol. The molecule has 1 N–H and O–H groups in total. The fourth-order valence-electron chi connectivity index (χ4n) is 1.73. The normalized spacial score (nSPS) is 10.1. The van der Waals surface area contributed by atoms with E-state index < -0.39 is 11.8 Å². The van der Waals surface area contributed by atoms with Crippen LogP contribution in [-0.4, -0.2) is 18.2 Å². The van der Waals surface area contributed by atoms with Crippen LogP contribution in [0.5, 0.6) is 5.75 Å². The Kier molecular flexibility index (Phi) is 3.28. The zero-order valence-electron chi connectivity index (χ0n) is 9.68. The maximum absolute atomic E-state index is 13.2. The van der Waals surface area contributed by atoms with Gasteiger partial charge in [0.25, 0.3) is 0 Å². The minimum atomic E-state index is -1.06. The van der Waals surface area contributed by atoms with Crippen molar-refractivity contribution in [3.63, 3.8) is 0 Å². The fraction of sp³-hybridized carbons (Fsp3) is 0.0714. The molecule has 2 rings (SSSR count). The average molecular weight is 246 g/mol. The molecule has 0 fully saturated rings. The number of ether oxygens (including phenoxy) is 1. The van der Waals surface area contributed by atoms with Gasteiger partial charge in [-0.1, -0.05) is 12.1 Å². The van der Waals surface area contributed by atoms with Gasteiger partial charge in [0.1, 0.15) is 11.6 Å². The van der Waals surface area contributed by atoms with E-state index in [-0.39, 0.29) is 5.56 Å². The molecule has 2 aromatic carbocycles. The number of hydrogen-bond acceptors (Lipinski definition) is 2. The minimum absolute atomic E-state index is 0.112. The Balaban J connectivity index is 2.63. The van der Waals surface area contributed by atoms with Gasteiger partial charge in [-0.3, -0.25) is 0 Å². The molecule has 0 unspecified atom stereocenters. The zero-order valence-corrected chi connectivity index (χ0v) is 9.68. The van der Waals surface area contributed by atoms with Gasteiger partial charge in [-0.25, -0.2) is 9.18 Å². The van der Waals surface area contributed by atoms with E-state index in [9.17, 15) is 9.18 Å². The Hall–Kier alpha value is -2.36. The number of carboxylic acids is 1. The van der Waals surface area contributed by atoms with Crippen LogP contribution in [0.25, 0.3) is 11.1 Å². The van der Waals surface area contributed by atoms with Crippen LogP contribution in [0.3, 0.4) is 0 Å². The maximum Gasteiger partial charge on any atom is 0.336 e. The Bertz CT molecular complexity index is 593. The van der Waals surface area contributed by atoms with E-state index in [2.05, 4.69) is 0 Å². The van der Waals surface area contributed by atoms with Crippen LogP contribution < -0.4 is 4.74 Å². The molecule has 0 amide bonds. The second-order valence-corrected chi connectivity index (χ2v) is 3.73. The summed E-state index contributed by atoms with van der Waals surface area (Å²) < 4.78 is 18.2. The number of benzene rings is 2. The number of aromatic carboxylic acids is 1. The Labute approximate surface area is 103 Å². The van der Waals surface area contributed by atoms with E-state index in [0.29, 0.717) is 16.9 Å². The van der Waals surface area contributed by atoms with Crippen molar-refractivity contribution in [3.8, 4) is 16.9 Å². The average Bonchev–Trinajstić information content (AvgIpc) is 2.38. The highest BCUT2D eigenvalue weighted by molar-refractivity contribution is 5.96. The first-order valence-corrected chi connectivity index (χ1v) is 5.29. The van der Waals surface area contributed by atoms with Gasteiger partial charge in [-0.2, -0.15) is 0 Å². The lowest BCUT2D eigenvalue weighted by Gasteiger charge is -2.09. The van der Waals surface area contributed by atoms with Gasteiger partial charge in [-0.05, 0) is 41.5 Å². The molecule has 0 bridgehead atoms. The highest BCUT2D eigenvalue weighted by atomic mass is 19.1. The lowest BCUT2D eigenvalue weighted by atomic mass is 9.99. The molecule has 92 valence electrons. The minimum Gasteiger partial charge on any atom is -0.497 e. The van der Waals surface area contributed by atoms with Crippen LogP contribution in [0.15, 0.2) is 42.5 Å². The van der Waals surface area contributed by atoms with Crippen LogP contribution in [0.2, 0.25) is 0 Å². The molecular formula is C14H11FO3. The summed E-state index contributed by atoms with van der Waals surface area (Å²) in [5, 5.41) is 9.13. The highest BCUT2D eigenvalue weighted by Gasteiger charge is 2.13. The van der Waals surface area contributed by atoms with Gasteiger partial charge >= 0.3 is 5.97 Å². The van der Waals surface area contributed by atoms with E-state index >= 15 is 0 Å². The zero-order chi connectivity index (χ0) is 13.1. The first-order valence-electron chi connectivity index (χ1n) is 5.29. The summed E-state index contributed by atoms with van der Waals surface area (Å²) in [5.41, 5.74) is 1.05. The van der Waals surface area contributed by atoms with Crippen molar-refractivity contribution in [2.45, 2.75) is 0 Å². The van der Waals surface area contributed by atoms with Crippen LogP contribution in [-0.2, 0) is 0 Å². The Morgan fingerprint density at radius 1 is 1.22 bits per heavy atom. The molecule has 0 atom stereocenters. The van der Waals surface area contributed by atoms with Gasteiger partial charge in [0.15, 0.2) is 0 Å². The summed E-state index contributed by atoms with van der Waals surface area (Å²) in [4.78, 5) is 11.1. The standard InChI is InChI=1S/C14H11FO3/c1-18-11-5-6-12(14(16)17)13(8-11)9-3-2-4-10(15)7-9/h2-8H,1H3,(H,16,17). The van der Waals surface area contributed by atoms with Gasteiger partial charge in [0.05, 0.1) is 12.7 Å². The molecule has 0 aromatic heterocycles. The third-order valence-corrected chi connectivity index (χ3v) is 2.59. The van der Waals surface area contributed by atoms with Gasteiger partial charge in [0, 0.05) is 0 Å². The molecule has 0 aliphatic rings. The van der Waals surface area contributed by atoms with Crippen LogP contribution >= 0.6 is 0 Å². The lowest BCUT2D eigenvalue weighted by Crippen LogP contribution is -2.00. The molecule has 3 nitrogen and oxygen atoms in total. The summed E-state index contributed by atoms with van der Waals surface area (Å²) in [5.74, 6) is -0.942. The maximum atomic E-state index is 13.2. The highest BCUT2D eigenvalue weighted by Crippen LogP contribution is 2.28. The number of halogens is 1. The molecule has 0 saturated carbocycles. The van der Waals surface area contributed by atoms with Crippen LogP contribution in [0, 0.1) is 5.82 Å². The van der Waals surface area contributed by atoms with Crippen LogP contribution in [0.4, 0.5) is 4.39 Å². The van der Waals surface area contributed by atoms with Crippen molar-refractivity contribution < 1.29 is 19.0 Å². The summed E-state index contributed by atoms with van der Waals surface area (Å²) in [6, 6.07) is 10.4. The molecule has 0 spiro atoms. The predicted octanol–water partition coefficient (Wildman–Crippen LogP) is 3.20. The summed E-state index contributed by atoms with van der Waals surface area (Å²) in [6.07, 6.45) is 0. The van der Waals surface area contributed by atoms with E-state index in [1.54, 1.807) is 18.2 Å². The quantitative estimate of drug-likeness (QED) is 0.904. The van der Waals surface area contributed by atoms with Crippen molar-refractivity contribution in [3.05, 3.63) is 53.8 Å². The van der Waals surface area contributed by atoms with E-state index in [4.69, 9.17) is 9.84 Å². The molecule has 2 aromatic rings. The topological polar surface area (TPSA) is 46.5 Å². The SMILES string of the molecule is COc1ccc(C(=O)O)c(-c2cccc(F)c2)c1. The first-order chi connectivity index (χ1) is 8.61. The third-order valence-electron chi connectivity index (χ3n) is 2.59. The smallest absolute Gasteiger partial charge is 0.336 e. The molecule has 0 aliphatic carbocycles. The van der Waals surface area contributed by atoms with Crippen LogP contribution in [0.1, 0.15) is 10.4 Å². The fourth-order valence-corrected chi connectivity index (χ4v) is 1.73. The number of methoxy groups -OCH3 is 1. The molecule has 4 heteroatoms. The van der Waals surface area contributed by atoms with Crippen molar-refractivity contribution in [2.75, 3.05) is 7.11 Å².